The van der Waals surface area contributed by atoms with Gasteiger partial charge in [0.15, 0.2) is 11.5 Å². The topological polar surface area (TPSA) is 156 Å². The summed E-state index contributed by atoms with van der Waals surface area (Å²) in [6, 6.07) is 13.5. The second-order valence-corrected chi connectivity index (χ2v) is 11.8. The predicted molar refractivity (Wildman–Crippen MR) is 128 cm³/mol. The van der Waals surface area contributed by atoms with Gasteiger partial charge in [0.2, 0.25) is 16.8 Å². The molecule has 0 aromatic heterocycles. The molecule has 190 valence electrons. The molecule has 0 saturated carbocycles. The summed E-state index contributed by atoms with van der Waals surface area (Å²) in [5.41, 5.74) is 7.17. The summed E-state index contributed by atoms with van der Waals surface area (Å²) >= 11 is 0. The van der Waals surface area contributed by atoms with Crippen LogP contribution < -0.4 is 15.2 Å². The first-order valence-corrected chi connectivity index (χ1v) is 13.9. The van der Waals surface area contributed by atoms with Gasteiger partial charge in [-0.25, -0.2) is 8.42 Å². The Hall–Kier alpha value is -2.22. The van der Waals surface area contributed by atoms with Crippen LogP contribution in [0.2, 0.25) is 0 Å². The first-order valence-electron chi connectivity index (χ1n) is 10.6. The van der Waals surface area contributed by atoms with Crippen LogP contribution in [0.15, 0.2) is 53.4 Å². The molecule has 1 heterocycles. The number of aliphatic hydroxyl groups excluding tert-OH is 1. The number of aliphatic hydroxyl groups is 1. The summed E-state index contributed by atoms with van der Waals surface area (Å²) in [6.07, 6.45) is 0.173. The molecule has 34 heavy (non-hydrogen) atoms. The van der Waals surface area contributed by atoms with Gasteiger partial charge in [-0.1, -0.05) is 44.2 Å². The standard InChI is InChI=1S/C21H28N2O5S.CH4O3S/c1-15(2)12-23(13-19(24)18(22)10-16-6-4-3-5-7-16)29(25,26)17-8-9-20-21(11-17)28-14-27-20;1-5(2,3)4/h3-9,11,15,18-19,24H,10,12-14,22H2,1-2H3;1H3,(H,2,3,4)/t18-,19+;/m0./s1. The Morgan fingerprint density at radius 3 is 2.18 bits per heavy atom. The van der Waals surface area contributed by atoms with Crippen molar-refractivity contribution < 1.29 is 36.0 Å². The number of nitrogens with two attached hydrogens (primary N) is 1. The monoisotopic (exact) mass is 516 g/mol. The number of sulfonamides is 1. The van der Waals surface area contributed by atoms with Crippen LogP contribution >= 0.6 is 0 Å². The Morgan fingerprint density at radius 1 is 1.00 bits per heavy atom. The Balaban J connectivity index is 0.000000739. The number of nitrogens with zero attached hydrogens (tertiary/aromatic N) is 1. The van der Waals surface area contributed by atoms with Gasteiger partial charge >= 0.3 is 0 Å². The van der Waals surface area contributed by atoms with E-state index in [-0.39, 0.29) is 30.7 Å². The van der Waals surface area contributed by atoms with Crippen LogP contribution in [0.3, 0.4) is 0 Å². The van der Waals surface area contributed by atoms with Crippen molar-refractivity contribution in [2.75, 3.05) is 26.1 Å². The number of benzene rings is 2. The highest BCUT2D eigenvalue weighted by Gasteiger charge is 2.30. The SMILES string of the molecule is CC(C)CN(C[C@@H](O)[C@@H](N)Cc1ccccc1)S(=O)(=O)c1ccc2c(c1)OCO2.CS(=O)(=O)O. The fourth-order valence-corrected chi connectivity index (χ4v) is 4.87. The zero-order valence-corrected chi connectivity index (χ0v) is 21.0. The lowest BCUT2D eigenvalue weighted by Crippen LogP contribution is -2.47. The van der Waals surface area contributed by atoms with E-state index in [2.05, 4.69) is 0 Å². The van der Waals surface area contributed by atoms with E-state index in [9.17, 15) is 21.9 Å². The molecule has 0 bridgehead atoms. The van der Waals surface area contributed by atoms with E-state index >= 15 is 0 Å². The van der Waals surface area contributed by atoms with Gasteiger partial charge in [0.1, 0.15) is 0 Å². The molecule has 2 aromatic rings. The average Bonchev–Trinajstić information content (AvgIpc) is 3.20. The lowest BCUT2D eigenvalue weighted by molar-refractivity contribution is 0.116. The molecule has 3 rings (SSSR count). The third-order valence-electron chi connectivity index (χ3n) is 4.75. The second-order valence-electron chi connectivity index (χ2n) is 8.38. The maximum atomic E-state index is 13.3. The summed E-state index contributed by atoms with van der Waals surface area (Å²) in [4.78, 5) is 0.103. The van der Waals surface area contributed by atoms with Crippen LogP contribution in [0.1, 0.15) is 19.4 Å². The molecule has 12 heteroatoms. The van der Waals surface area contributed by atoms with Gasteiger partial charge in [-0.3, -0.25) is 4.55 Å². The molecule has 4 N–H and O–H groups in total. The molecule has 2 atom stereocenters. The maximum absolute atomic E-state index is 13.3. The summed E-state index contributed by atoms with van der Waals surface area (Å²) < 4.78 is 64.3. The van der Waals surface area contributed by atoms with Gasteiger partial charge in [0.25, 0.3) is 10.1 Å². The van der Waals surface area contributed by atoms with Crippen molar-refractivity contribution in [1.29, 1.82) is 0 Å². The summed E-state index contributed by atoms with van der Waals surface area (Å²) in [6.45, 7) is 4.12. The van der Waals surface area contributed by atoms with Gasteiger partial charge in [-0.15, -0.1) is 0 Å². The molecular weight excluding hydrogens is 484 g/mol. The largest absolute Gasteiger partial charge is 0.454 e. The third-order valence-corrected chi connectivity index (χ3v) is 6.58. The number of hydrogen-bond acceptors (Lipinski definition) is 8. The van der Waals surface area contributed by atoms with Crippen molar-refractivity contribution in [3.8, 4) is 11.5 Å². The Labute approximate surface area is 201 Å². The summed E-state index contributed by atoms with van der Waals surface area (Å²) in [5, 5.41) is 10.7. The molecule has 0 amide bonds. The molecule has 0 saturated heterocycles. The molecule has 0 radical (unpaired) electrons. The smallest absolute Gasteiger partial charge is 0.261 e. The highest BCUT2D eigenvalue weighted by Crippen LogP contribution is 2.34. The number of fused-ring (bicyclic) bond motifs is 1. The molecule has 0 aliphatic carbocycles. The highest BCUT2D eigenvalue weighted by atomic mass is 32.2. The lowest BCUT2D eigenvalue weighted by Gasteiger charge is -2.28. The quantitative estimate of drug-likeness (QED) is 0.420. The van der Waals surface area contributed by atoms with E-state index in [1.54, 1.807) is 6.07 Å². The van der Waals surface area contributed by atoms with Crippen LogP contribution in [0.25, 0.3) is 0 Å². The molecule has 0 fully saturated rings. The molecule has 1 aliphatic heterocycles. The van der Waals surface area contributed by atoms with E-state index in [1.807, 2.05) is 44.2 Å². The Bertz CT molecular complexity index is 1130. The van der Waals surface area contributed by atoms with E-state index in [1.165, 1.54) is 16.4 Å². The van der Waals surface area contributed by atoms with Crippen LogP contribution in [0.5, 0.6) is 11.5 Å². The van der Waals surface area contributed by atoms with Crippen molar-refractivity contribution in [3.05, 3.63) is 54.1 Å². The number of hydrogen-bond donors (Lipinski definition) is 3. The van der Waals surface area contributed by atoms with E-state index in [4.69, 9.17) is 19.8 Å². The average molecular weight is 517 g/mol. The van der Waals surface area contributed by atoms with Crippen molar-refractivity contribution in [1.82, 2.24) is 4.31 Å². The second kappa shape index (κ2) is 12.0. The van der Waals surface area contributed by atoms with Crippen LogP contribution in [0.4, 0.5) is 0 Å². The molecule has 0 spiro atoms. The minimum atomic E-state index is -3.84. The van der Waals surface area contributed by atoms with Crippen molar-refractivity contribution in [2.45, 2.75) is 37.3 Å². The van der Waals surface area contributed by atoms with Crippen molar-refractivity contribution in [2.24, 2.45) is 11.7 Å². The minimum Gasteiger partial charge on any atom is -0.454 e. The third kappa shape index (κ3) is 8.85. The minimum absolute atomic E-state index is 0.0710. The molecule has 0 unspecified atom stereocenters. The van der Waals surface area contributed by atoms with Crippen LogP contribution in [-0.2, 0) is 26.6 Å². The molecule has 2 aromatic carbocycles. The van der Waals surface area contributed by atoms with E-state index < -0.39 is 32.3 Å². The summed E-state index contributed by atoms with van der Waals surface area (Å²) in [7, 11) is -7.50. The van der Waals surface area contributed by atoms with Crippen molar-refractivity contribution in [3.63, 3.8) is 0 Å². The first-order chi connectivity index (χ1) is 15.8. The summed E-state index contributed by atoms with van der Waals surface area (Å²) in [5.74, 6) is 0.998. The number of ether oxygens (including phenoxy) is 2. The molecular formula is C22H32N2O8S2. The van der Waals surface area contributed by atoms with Gasteiger partial charge in [-0.05, 0) is 30.0 Å². The fourth-order valence-electron chi connectivity index (χ4n) is 3.23. The van der Waals surface area contributed by atoms with Gasteiger partial charge < -0.3 is 20.3 Å². The zero-order valence-electron chi connectivity index (χ0n) is 19.4. The Kier molecular flexibility index (Phi) is 9.85. The van der Waals surface area contributed by atoms with Crippen LogP contribution in [-0.4, -0.2) is 69.1 Å². The first kappa shape index (κ1) is 28.0. The number of rotatable bonds is 9. The maximum Gasteiger partial charge on any atom is 0.261 e. The van der Waals surface area contributed by atoms with Crippen molar-refractivity contribution >= 4 is 20.1 Å². The zero-order chi connectivity index (χ0) is 25.5. The van der Waals surface area contributed by atoms with Gasteiger partial charge in [0.05, 0.1) is 17.3 Å². The van der Waals surface area contributed by atoms with Crippen LogP contribution in [0, 0.1) is 5.92 Å². The highest BCUT2D eigenvalue weighted by molar-refractivity contribution is 7.89. The Morgan fingerprint density at radius 2 is 1.59 bits per heavy atom. The fraction of sp³-hybridized carbons (Fsp3) is 0.455. The van der Waals surface area contributed by atoms with E-state index in [0.717, 1.165) is 5.56 Å². The predicted octanol–water partition coefficient (Wildman–Crippen LogP) is 1.50. The lowest BCUT2D eigenvalue weighted by atomic mass is 10.0. The molecule has 10 nitrogen and oxygen atoms in total. The van der Waals surface area contributed by atoms with Gasteiger partial charge in [0, 0.05) is 25.2 Å². The van der Waals surface area contributed by atoms with Gasteiger partial charge in [-0.2, -0.15) is 12.7 Å². The molecule has 1 aliphatic rings. The normalized spacial score (nSPS) is 15.1. The van der Waals surface area contributed by atoms with E-state index in [0.29, 0.717) is 24.2 Å².